The Morgan fingerprint density at radius 2 is 2.15 bits per heavy atom. The maximum absolute atomic E-state index is 9.54. The van der Waals surface area contributed by atoms with Gasteiger partial charge in [0.1, 0.15) is 0 Å². The van der Waals surface area contributed by atoms with Gasteiger partial charge in [-0.1, -0.05) is 25.1 Å². The third-order valence-corrected chi connectivity index (χ3v) is 4.32. The first-order chi connectivity index (χ1) is 9.68. The van der Waals surface area contributed by atoms with Crippen molar-refractivity contribution in [3.63, 3.8) is 0 Å². The summed E-state index contributed by atoms with van der Waals surface area (Å²) < 4.78 is 0. The zero-order chi connectivity index (χ0) is 14.4. The minimum atomic E-state index is -0.135. The van der Waals surface area contributed by atoms with Gasteiger partial charge in [0.2, 0.25) is 0 Å². The van der Waals surface area contributed by atoms with E-state index in [1.54, 1.807) is 0 Å². The first-order valence-electron chi connectivity index (χ1n) is 7.87. The summed E-state index contributed by atoms with van der Waals surface area (Å²) in [5.74, 6) is 0. The Labute approximate surface area is 123 Å². The molecule has 1 aliphatic rings. The van der Waals surface area contributed by atoms with Crippen LogP contribution < -0.4 is 10.2 Å². The predicted molar refractivity (Wildman–Crippen MR) is 85.4 cm³/mol. The second-order valence-corrected chi connectivity index (χ2v) is 6.07. The van der Waals surface area contributed by atoms with Gasteiger partial charge < -0.3 is 15.3 Å². The summed E-state index contributed by atoms with van der Waals surface area (Å²) >= 11 is 0. The van der Waals surface area contributed by atoms with Gasteiger partial charge in [0, 0.05) is 24.3 Å². The van der Waals surface area contributed by atoms with E-state index in [-0.39, 0.29) is 12.1 Å². The van der Waals surface area contributed by atoms with Gasteiger partial charge in [0.15, 0.2) is 0 Å². The normalized spacial score (nSPS) is 17.6. The van der Waals surface area contributed by atoms with E-state index in [1.807, 2.05) is 0 Å². The molecule has 1 aromatic carbocycles. The highest BCUT2D eigenvalue weighted by Gasteiger charge is 2.22. The van der Waals surface area contributed by atoms with Crippen LogP contribution in [0, 0.1) is 0 Å². The first kappa shape index (κ1) is 15.3. The minimum Gasteiger partial charge on any atom is -0.394 e. The minimum absolute atomic E-state index is 0.135. The van der Waals surface area contributed by atoms with Crippen LogP contribution in [-0.4, -0.2) is 36.9 Å². The molecule has 0 saturated heterocycles. The molecule has 1 aromatic rings. The molecule has 1 unspecified atom stereocenters. The molecule has 0 aromatic heterocycles. The molecule has 20 heavy (non-hydrogen) atoms. The van der Waals surface area contributed by atoms with E-state index in [9.17, 15) is 5.11 Å². The monoisotopic (exact) mass is 276 g/mol. The zero-order valence-corrected chi connectivity index (χ0v) is 12.9. The number of aliphatic hydroxyl groups excluding tert-OH is 1. The summed E-state index contributed by atoms with van der Waals surface area (Å²) in [6.07, 6.45) is 4.58. The Morgan fingerprint density at radius 1 is 1.35 bits per heavy atom. The van der Waals surface area contributed by atoms with Crippen molar-refractivity contribution in [1.82, 2.24) is 5.32 Å². The van der Waals surface area contributed by atoms with Crippen LogP contribution in [0.3, 0.4) is 0 Å². The average molecular weight is 276 g/mol. The number of nitrogens with zero attached hydrogens (tertiary/aromatic N) is 1. The van der Waals surface area contributed by atoms with E-state index >= 15 is 0 Å². The third kappa shape index (κ3) is 3.74. The van der Waals surface area contributed by atoms with Crippen LogP contribution in [0.2, 0.25) is 0 Å². The van der Waals surface area contributed by atoms with Gasteiger partial charge in [0.05, 0.1) is 6.61 Å². The second-order valence-electron chi connectivity index (χ2n) is 6.07. The van der Waals surface area contributed by atoms with E-state index in [2.05, 4.69) is 48.3 Å². The SMILES string of the molecule is CCNC(C)(CO)CCCN1CCCc2ccccc21. The quantitative estimate of drug-likeness (QED) is 0.803. The van der Waals surface area contributed by atoms with E-state index < -0.39 is 0 Å². The standard InChI is InChI=1S/C17H28N2O/c1-3-18-17(2,14-20)11-7-13-19-12-6-9-15-8-4-5-10-16(15)19/h4-5,8,10,18,20H,3,6-7,9,11-14H2,1-2H3. The molecule has 2 rings (SSSR count). The summed E-state index contributed by atoms with van der Waals surface area (Å²) in [6, 6.07) is 8.76. The van der Waals surface area contributed by atoms with Gasteiger partial charge in [-0.2, -0.15) is 0 Å². The summed E-state index contributed by atoms with van der Waals surface area (Å²) in [7, 11) is 0. The van der Waals surface area contributed by atoms with Crippen LogP contribution in [0.5, 0.6) is 0 Å². The first-order valence-corrected chi connectivity index (χ1v) is 7.87. The highest BCUT2D eigenvalue weighted by atomic mass is 16.3. The number of aliphatic hydroxyl groups is 1. The highest BCUT2D eigenvalue weighted by molar-refractivity contribution is 5.55. The van der Waals surface area contributed by atoms with Gasteiger partial charge in [0.25, 0.3) is 0 Å². The summed E-state index contributed by atoms with van der Waals surface area (Å²) in [6.45, 7) is 7.56. The number of fused-ring (bicyclic) bond motifs is 1. The Morgan fingerprint density at radius 3 is 2.90 bits per heavy atom. The predicted octanol–water partition coefficient (Wildman–Crippen LogP) is 2.58. The van der Waals surface area contributed by atoms with Gasteiger partial charge in [-0.15, -0.1) is 0 Å². The van der Waals surface area contributed by atoms with Crippen LogP contribution in [0.4, 0.5) is 5.69 Å². The molecule has 0 aliphatic carbocycles. The van der Waals surface area contributed by atoms with Crippen molar-refractivity contribution in [2.24, 2.45) is 0 Å². The van der Waals surface area contributed by atoms with E-state index in [1.165, 1.54) is 24.1 Å². The van der Waals surface area contributed by atoms with Gasteiger partial charge in [-0.3, -0.25) is 0 Å². The van der Waals surface area contributed by atoms with Crippen molar-refractivity contribution in [2.75, 3.05) is 31.1 Å². The molecule has 1 heterocycles. The van der Waals surface area contributed by atoms with Crippen molar-refractivity contribution in [2.45, 2.75) is 45.1 Å². The summed E-state index contributed by atoms with van der Waals surface area (Å²) in [5.41, 5.74) is 2.76. The molecule has 2 N–H and O–H groups in total. The van der Waals surface area contributed by atoms with Gasteiger partial charge in [-0.05, 0) is 50.8 Å². The highest BCUT2D eigenvalue weighted by Crippen LogP contribution is 2.27. The lowest BCUT2D eigenvalue weighted by molar-refractivity contribution is 0.166. The number of hydrogen-bond acceptors (Lipinski definition) is 3. The molecule has 0 saturated carbocycles. The number of nitrogens with one attached hydrogen (secondary N) is 1. The molecule has 0 amide bonds. The topological polar surface area (TPSA) is 35.5 Å². The Kier molecular flexibility index (Phi) is 5.44. The molecular weight excluding hydrogens is 248 g/mol. The van der Waals surface area contributed by atoms with E-state index in [0.717, 1.165) is 32.5 Å². The molecule has 0 radical (unpaired) electrons. The fourth-order valence-corrected chi connectivity index (χ4v) is 3.15. The van der Waals surface area contributed by atoms with Crippen molar-refractivity contribution in [3.05, 3.63) is 29.8 Å². The number of rotatable bonds is 7. The van der Waals surface area contributed by atoms with Crippen LogP contribution in [-0.2, 0) is 6.42 Å². The maximum Gasteiger partial charge on any atom is 0.0610 e. The van der Waals surface area contributed by atoms with Crippen molar-refractivity contribution in [3.8, 4) is 0 Å². The number of hydrogen-bond donors (Lipinski definition) is 2. The van der Waals surface area contributed by atoms with E-state index in [4.69, 9.17) is 0 Å². The zero-order valence-electron chi connectivity index (χ0n) is 12.9. The van der Waals surface area contributed by atoms with Gasteiger partial charge in [-0.25, -0.2) is 0 Å². The van der Waals surface area contributed by atoms with Crippen molar-refractivity contribution in [1.29, 1.82) is 0 Å². The fourth-order valence-electron chi connectivity index (χ4n) is 3.15. The van der Waals surface area contributed by atoms with Crippen molar-refractivity contribution < 1.29 is 5.11 Å². The lowest BCUT2D eigenvalue weighted by Crippen LogP contribution is -2.46. The molecule has 1 atom stereocenters. The van der Waals surface area contributed by atoms with Gasteiger partial charge >= 0.3 is 0 Å². The Balaban J connectivity index is 1.89. The van der Waals surface area contributed by atoms with Crippen LogP contribution in [0.25, 0.3) is 0 Å². The molecule has 1 aliphatic heterocycles. The lowest BCUT2D eigenvalue weighted by Gasteiger charge is -2.33. The third-order valence-electron chi connectivity index (χ3n) is 4.32. The van der Waals surface area contributed by atoms with Crippen molar-refractivity contribution >= 4 is 5.69 Å². The molecule has 0 bridgehead atoms. The fraction of sp³-hybridized carbons (Fsp3) is 0.647. The number of likely N-dealkylation sites (N-methyl/N-ethyl adjacent to an activating group) is 1. The van der Waals surface area contributed by atoms with Crippen LogP contribution in [0.1, 0.15) is 38.7 Å². The molecule has 0 fully saturated rings. The average Bonchev–Trinajstić information content (AvgIpc) is 2.48. The van der Waals surface area contributed by atoms with E-state index in [0.29, 0.717) is 0 Å². The summed E-state index contributed by atoms with van der Waals surface area (Å²) in [5, 5.41) is 12.9. The Bertz CT molecular complexity index is 421. The largest absolute Gasteiger partial charge is 0.394 e. The number of benzene rings is 1. The maximum atomic E-state index is 9.54. The lowest BCUT2D eigenvalue weighted by atomic mass is 9.95. The summed E-state index contributed by atoms with van der Waals surface area (Å²) in [4.78, 5) is 2.50. The molecule has 112 valence electrons. The Hall–Kier alpha value is -1.06. The second kappa shape index (κ2) is 7.09. The molecular formula is C17H28N2O. The van der Waals surface area contributed by atoms with Crippen LogP contribution >= 0.6 is 0 Å². The number of para-hydroxylation sites is 1. The van der Waals surface area contributed by atoms with Crippen LogP contribution in [0.15, 0.2) is 24.3 Å². The number of anilines is 1. The smallest absolute Gasteiger partial charge is 0.0610 e. The molecule has 3 heteroatoms. The molecule has 0 spiro atoms. The number of aryl methyl sites for hydroxylation is 1. The molecule has 3 nitrogen and oxygen atoms in total.